The van der Waals surface area contributed by atoms with Gasteiger partial charge in [-0.3, -0.25) is 0 Å². The van der Waals surface area contributed by atoms with Crippen molar-refractivity contribution in [1.29, 1.82) is 0 Å². The molecule has 1 N–H and O–H groups in total. The highest BCUT2D eigenvalue weighted by molar-refractivity contribution is 5.28. The summed E-state index contributed by atoms with van der Waals surface area (Å²) in [5.41, 5.74) is 0.992. The van der Waals surface area contributed by atoms with Crippen LogP contribution in [0.3, 0.4) is 0 Å². The molecular weight excluding hydrogens is 286 g/mol. The number of hydrogen-bond donors (Lipinski definition) is 1. The highest BCUT2D eigenvalue weighted by atomic mass is 16.5. The van der Waals surface area contributed by atoms with E-state index in [2.05, 4.69) is 25.7 Å². The Bertz CT molecular complexity index is 435. The Labute approximate surface area is 141 Å². The van der Waals surface area contributed by atoms with Gasteiger partial charge in [-0.25, -0.2) is 0 Å². The number of piperidine rings is 1. The Morgan fingerprint density at radius 1 is 1.17 bits per heavy atom. The molecule has 0 radical (unpaired) electrons. The number of aliphatic hydroxyl groups is 1. The molecule has 0 aliphatic carbocycles. The summed E-state index contributed by atoms with van der Waals surface area (Å²) in [7, 11) is 0. The third-order valence-electron chi connectivity index (χ3n) is 4.69. The maximum absolute atomic E-state index is 10.4. The molecule has 1 saturated heterocycles. The predicted octanol–water partition coefficient (Wildman–Crippen LogP) is 4.27. The average molecular weight is 319 g/mol. The van der Waals surface area contributed by atoms with Gasteiger partial charge in [0.15, 0.2) is 0 Å². The van der Waals surface area contributed by atoms with Crippen molar-refractivity contribution in [2.45, 2.75) is 52.6 Å². The fraction of sp³-hybridized carbons (Fsp3) is 0.700. The van der Waals surface area contributed by atoms with Crippen LogP contribution in [0.15, 0.2) is 24.3 Å². The summed E-state index contributed by atoms with van der Waals surface area (Å²) in [5.74, 6) is 2.44. The fourth-order valence-electron chi connectivity index (χ4n) is 3.57. The molecule has 1 aromatic rings. The zero-order chi connectivity index (χ0) is 16.7. The van der Waals surface area contributed by atoms with Gasteiger partial charge in [0.25, 0.3) is 0 Å². The topological polar surface area (TPSA) is 32.7 Å². The number of nitrogens with zero attached hydrogens (tertiary/aromatic N) is 1. The lowest BCUT2D eigenvalue weighted by atomic mass is 9.91. The van der Waals surface area contributed by atoms with Crippen molar-refractivity contribution in [2.24, 2.45) is 11.8 Å². The summed E-state index contributed by atoms with van der Waals surface area (Å²) < 4.78 is 5.67. The fourth-order valence-corrected chi connectivity index (χ4v) is 3.57. The van der Waals surface area contributed by atoms with Gasteiger partial charge >= 0.3 is 0 Å². The molecule has 0 aromatic heterocycles. The minimum Gasteiger partial charge on any atom is -0.494 e. The molecule has 0 bridgehead atoms. The van der Waals surface area contributed by atoms with Gasteiger partial charge in [-0.05, 0) is 48.8 Å². The molecular formula is C20H33NO2. The number of unbranched alkanes of at least 4 members (excludes halogenated alkanes) is 1. The lowest BCUT2D eigenvalue weighted by Gasteiger charge is -2.35. The smallest absolute Gasteiger partial charge is 0.119 e. The molecule has 0 amide bonds. The van der Waals surface area contributed by atoms with E-state index in [9.17, 15) is 5.11 Å². The van der Waals surface area contributed by atoms with Gasteiger partial charge in [0.1, 0.15) is 5.75 Å². The first-order valence-electron chi connectivity index (χ1n) is 9.21. The molecule has 3 atom stereocenters. The van der Waals surface area contributed by atoms with Crippen LogP contribution in [0.2, 0.25) is 0 Å². The van der Waals surface area contributed by atoms with E-state index in [-0.39, 0.29) is 6.10 Å². The second-order valence-corrected chi connectivity index (χ2v) is 7.28. The third-order valence-corrected chi connectivity index (χ3v) is 4.69. The molecule has 1 aromatic carbocycles. The van der Waals surface area contributed by atoms with Gasteiger partial charge in [0.05, 0.1) is 12.7 Å². The molecule has 3 nitrogen and oxygen atoms in total. The highest BCUT2D eigenvalue weighted by Crippen LogP contribution is 2.24. The highest BCUT2D eigenvalue weighted by Gasteiger charge is 2.22. The van der Waals surface area contributed by atoms with Crippen molar-refractivity contribution in [3.05, 3.63) is 29.8 Å². The van der Waals surface area contributed by atoms with E-state index in [1.165, 1.54) is 19.5 Å². The van der Waals surface area contributed by atoms with E-state index in [0.717, 1.165) is 55.6 Å². The van der Waals surface area contributed by atoms with Gasteiger partial charge in [-0.15, -0.1) is 0 Å². The summed E-state index contributed by atoms with van der Waals surface area (Å²) in [4.78, 5) is 2.50. The summed E-state index contributed by atoms with van der Waals surface area (Å²) in [6, 6.07) is 7.93. The van der Waals surface area contributed by atoms with E-state index < -0.39 is 0 Å². The largest absolute Gasteiger partial charge is 0.494 e. The van der Waals surface area contributed by atoms with Crippen LogP contribution in [0.25, 0.3) is 0 Å². The molecule has 1 heterocycles. The Morgan fingerprint density at radius 2 is 1.83 bits per heavy atom. The second-order valence-electron chi connectivity index (χ2n) is 7.28. The Hall–Kier alpha value is -1.06. The van der Waals surface area contributed by atoms with Crippen LogP contribution >= 0.6 is 0 Å². The number of rotatable bonds is 8. The molecule has 3 heteroatoms. The second kappa shape index (κ2) is 9.29. The lowest BCUT2D eigenvalue weighted by molar-refractivity contribution is 0.103. The Balaban J connectivity index is 1.77. The zero-order valence-electron chi connectivity index (χ0n) is 15.0. The number of benzene rings is 1. The molecule has 23 heavy (non-hydrogen) atoms. The monoisotopic (exact) mass is 319 g/mol. The predicted molar refractivity (Wildman–Crippen MR) is 95.8 cm³/mol. The van der Waals surface area contributed by atoms with E-state index in [1.807, 2.05) is 24.3 Å². The summed E-state index contributed by atoms with van der Waals surface area (Å²) in [6.45, 7) is 10.9. The van der Waals surface area contributed by atoms with Crippen LogP contribution in [-0.4, -0.2) is 36.2 Å². The lowest BCUT2D eigenvalue weighted by Crippen LogP contribution is -2.39. The SMILES string of the molecule is CCCCOc1ccc(C(O)CCN2CC(C)CC(C)C2)cc1. The van der Waals surface area contributed by atoms with Crippen LogP contribution in [0.1, 0.15) is 58.1 Å². The van der Waals surface area contributed by atoms with Crippen LogP contribution in [0.5, 0.6) is 5.75 Å². The van der Waals surface area contributed by atoms with Crippen molar-refractivity contribution in [3.8, 4) is 5.75 Å². The van der Waals surface area contributed by atoms with Crippen molar-refractivity contribution in [1.82, 2.24) is 4.90 Å². The normalized spacial score (nSPS) is 23.7. The standard InChI is InChI=1S/C20H33NO2/c1-4-5-12-23-19-8-6-18(7-9-19)20(22)10-11-21-14-16(2)13-17(3)15-21/h6-9,16-17,20,22H,4-5,10-15H2,1-3H3. The molecule has 0 spiro atoms. The van der Waals surface area contributed by atoms with Crippen molar-refractivity contribution in [3.63, 3.8) is 0 Å². The first-order chi connectivity index (χ1) is 11.1. The molecule has 1 fully saturated rings. The first-order valence-corrected chi connectivity index (χ1v) is 9.21. The van der Waals surface area contributed by atoms with Gasteiger partial charge in [0.2, 0.25) is 0 Å². The maximum Gasteiger partial charge on any atom is 0.119 e. The van der Waals surface area contributed by atoms with E-state index in [1.54, 1.807) is 0 Å². The summed E-state index contributed by atoms with van der Waals surface area (Å²) in [6.07, 6.45) is 3.97. The number of ether oxygens (including phenoxy) is 1. The van der Waals surface area contributed by atoms with Gasteiger partial charge < -0.3 is 14.7 Å². The van der Waals surface area contributed by atoms with E-state index in [0.29, 0.717) is 0 Å². The van der Waals surface area contributed by atoms with E-state index in [4.69, 9.17) is 4.74 Å². The number of aliphatic hydroxyl groups excluding tert-OH is 1. The van der Waals surface area contributed by atoms with Crippen LogP contribution in [0, 0.1) is 11.8 Å². The van der Waals surface area contributed by atoms with Crippen LogP contribution in [-0.2, 0) is 0 Å². The third kappa shape index (κ3) is 6.15. The summed E-state index contributed by atoms with van der Waals surface area (Å²) in [5, 5.41) is 10.4. The maximum atomic E-state index is 10.4. The molecule has 0 saturated carbocycles. The van der Waals surface area contributed by atoms with Crippen molar-refractivity contribution < 1.29 is 9.84 Å². The first kappa shape index (κ1) is 18.3. The van der Waals surface area contributed by atoms with E-state index >= 15 is 0 Å². The molecule has 2 rings (SSSR count). The number of likely N-dealkylation sites (tertiary alicyclic amines) is 1. The molecule has 3 unspecified atom stereocenters. The van der Waals surface area contributed by atoms with Gasteiger partial charge in [0, 0.05) is 19.6 Å². The molecule has 130 valence electrons. The van der Waals surface area contributed by atoms with Gasteiger partial charge in [-0.2, -0.15) is 0 Å². The quantitative estimate of drug-likeness (QED) is 0.726. The average Bonchev–Trinajstić information content (AvgIpc) is 2.53. The molecule has 1 aliphatic heterocycles. The Kier molecular flexibility index (Phi) is 7.38. The van der Waals surface area contributed by atoms with Crippen molar-refractivity contribution in [2.75, 3.05) is 26.2 Å². The number of hydrogen-bond acceptors (Lipinski definition) is 3. The van der Waals surface area contributed by atoms with Crippen LogP contribution in [0.4, 0.5) is 0 Å². The minimum atomic E-state index is -0.382. The minimum absolute atomic E-state index is 0.382. The summed E-state index contributed by atoms with van der Waals surface area (Å²) >= 11 is 0. The zero-order valence-corrected chi connectivity index (χ0v) is 15.0. The molecule has 1 aliphatic rings. The van der Waals surface area contributed by atoms with Crippen molar-refractivity contribution >= 4 is 0 Å². The Morgan fingerprint density at radius 3 is 2.43 bits per heavy atom. The van der Waals surface area contributed by atoms with Crippen LogP contribution < -0.4 is 4.74 Å². The van der Waals surface area contributed by atoms with Gasteiger partial charge in [-0.1, -0.05) is 39.3 Å².